The second-order valence-corrected chi connectivity index (χ2v) is 5.31. The molecule has 0 aliphatic rings. The summed E-state index contributed by atoms with van der Waals surface area (Å²) in [6, 6.07) is 12.5. The molecule has 3 rings (SSSR count). The summed E-state index contributed by atoms with van der Waals surface area (Å²) in [6.07, 6.45) is 0. The zero-order valence-electron chi connectivity index (χ0n) is 12.1. The molecule has 0 spiro atoms. The lowest BCUT2D eigenvalue weighted by Gasteiger charge is -2.06. The van der Waals surface area contributed by atoms with Crippen molar-refractivity contribution in [3.05, 3.63) is 58.8 Å². The van der Waals surface area contributed by atoms with E-state index in [1.807, 2.05) is 25.1 Å². The first-order valence-electron chi connectivity index (χ1n) is 6.72. The van der Waals surface area contributed by atoms with Gasteiger partial charge in [-0.1, -0.05) is 29.8 Å². The van der Waals surface area contributed by atoms with Crippen molar-refractivity contribution < 1.29 is 13.9 Å². The number of fused-ring (bicyclic) bond motifs is 1. The van der Waals surface area contributed by atoms with E-state index in [9.17, 15) is 4.79 Å². The topological polar surface area (TPSA) is 51.5 Å². The van der Waals surface area contributed by atoms with Crippen LogP contribution >= 0.6 is 11.6 Å². The fourth-order valence-corrected chi connectivity index (χ4v) is 2.52. The number of hydrogen-bond donors (Lipinski definition) is 1. The van der Waals surface area contributed by atoms with Gasteiger partial charge in [0.25, 0.3) is 5.91 Å². The van der Waals surface area contributed by atoms with E-state index in [4.69, 9.17) is 20.8 Å². The number of methoxy groups -OCH3 is 1. The number of carbonyl (C=O) groups excluding carboxylic acids is 1. The van der Waals surface area contributed by atoms with Gasteiger partial charge in [-0.25, -0.2) is 0 Å². The minimum atomic E-state index is -0.322. The van der Waals surface area contributed by atoms with Crippen LogP contribution in [0.3, 0.4) is 0 Å². The maximum absolute atomic E-state index is 12.3. The van der Waals surface area contributed by atoms with Crippen molar-refractivity contribution in [3.63, 3.8) is 0 Å². The Balaban J connectivity index is 1.87. The van der Waals surface area contributed by atoms with Crippen LogP contribution in [0.4, 0.5) is 5.69 Å². The van der Waals surface area contributed by atoms with Crippen molar-refractivity contribution in [1.29, 1.82) is 0 Å². The third kappa shape index (κ3) is 2.65. The van der Waals surface area contributed by atoms with Crippen molar-refractivity contribution >= 4 is 34.2 Å². The molecule has 0 radical (unpaired) electrons. The summed E-state index contributed by atoms with van der Waals surface area (Å²) in [4.78, 5) is 12.3. The zero-order valence-corrected chi connectivity index (χ0v) is 12.9. The molecule has 22 heavy (non-hydrogen) atoms. The summed E-state index contributed by atoms with van der Waals surface area (Å²) in [5, 5.41) is 4.09. The van der Waals surface area contributed by atoms with Gasteiger partial charge in [0.1, 0.15) is 11.3 Å². The van der Waals surface area contributed by atoms with E-state index < -0.39 is 0 Å². The van der Waals surface area contributed by atoms with E-state index in [0.29, 0.717) is 16.5 Å². The summed E-state index contributed by atoms with van der Waals surface area (Å²) in [6.45, 7) is 1.94. The number of hydrogen-bond acceptors (Lipinski definition) is 3. The molecule has 4 nitrogen and oxygen atoms in total. The molecule has 2 aromatic carbocycles. The molecule has 0 fully saturated rings. The summed E-state index contributed by atoms with van der Waals surface area (Å²) >= 11 is 6.04. The maximum atomic E-state index is 12.3. The Hall–Kier alpha value is -2.46. The van der Waals surface area contributed by atoms with Crippen molar-refractivity contribution in [3.8, 4) is 5.75 Å². The molecule has 0 saturated carbocycles. The van der Waals surface area contributed by atoms with E-state index in [0.717, 1.165) is 16.5 Å². The van der Waals surface area contributed by atoms with E-state index in [-0.39, 0.29) is 11.7 Å². The molecule has 0 atom stereocenters. The molecule has 0 saturated heterocycles. The first kappa shape index (κ1) is 14.5. The van der Waals surface area contributed by atoms with Gasteiger partial charge < -0.3 is 14.5 Å². The van der Waals surface area contributed by atoms with Crippen LogP contribution in [-0.2, 0) is 0 Å². The maximum Gasteiger partial charge on any atom is 0.291 e. The van der Waals surface area contributed by atoms with Crippen LogP contribution in [-0.4, -0.2) is 13.0 Å². The molecule has 0 bridgehead atoms. The van der Waals surface area contributed by atoms with E-state index in [1.165, 1.54) is 7.11 Å². The standard InChI is InChI=1S/C17H14ClNO3/c1-10-4-3-5-11-8-15(22-16(10)11)17(20)19-12-6-7-14(21-2)13(18)9-12/h3-9H,1-2H3,(H,19,20). The predicted molar refractivity (Wildman–Crippen MR) is 86.9 cm³/mol. The van der Waals surface area contributed by atoms with Crippen LogP contribution in [0.1, 0.15) is 16.1 Å². The molecule has 3 aromatic rings. The highest BCUT2D eigenvalue weighted by Crippen LogP contribution is 2.28. The van der Waals surface area contributed by atoms with Gasteiger partial charge in [-0.2, -0.15) is 0 Å². The second kappa shape index (κ2) is 5.73. The third-order valence-corrected chi connectivity index (χ3v) is 3.67. The first-order chi connectivity index (χ1) is 10.6. The number of anilines is 1. The number of aryl methyl sites for hydroxylation is 1. The molecule has 112 valence electrons. The Morgan fingerprint density at radius 3 is 2.73 bits per heavy atom. The highest BCUT2D eigenvalue weighted by atomic mass is 35.5. The highest BCUT2D eigenvalue weighted by Gasteiger charge is 2.14. The molecule has 0 unspecified atom stereocenters. The number of carbonyl (C=O) groups is 1. The van der Waals surface area contributed by atoms with E-state index in [2.05, 4.69) is 5.32 Å². The Bertz CT molecular complexity index is 854. The lowest BCUT2D eigenvalue weighted by molar-refractivity contribution is 0.0998. The van der Waals surface area contributed by atoms with Gasteiger partial charge in [0, 0.05) is 11.1 Å². The largest absolute Gasteiger partial charge is 0.495 e. The van der Waals surface area contributed by atoms with Crippen LogP contribution < -0.4 is 10.1 Å². The number of amides is 1. The molecule has 1 amide bonds. The Morgan fingerprint density at radius 1 is 1.23 bits per heavy atom. The Labute approximate surface area is 132 Å². The first-order valence-corrected chi connectivity index (χ1v) is 7.10. The summed E-state index contributed by atoms with van der Waals surface area (Å²) in [7, 11) is 1.54. The van der Waals surface area contributed by atoms with Gasteiger partial charge in [-0.15, -0.1) is 0 Å². The molecule has 0 aliphatic carbocycles. The highest BCUT2D eigenvalue weighted by molar-refractivity contribution is 6.32. The minimum absolute atomic E-state index is 0.260. The normalized spacial score (nSPS) is 10.7. The molecule has 1 heterocycles. The van der Waals surface area contributed by atoms with Crippen LogP contribution in [0.25, 0.3) is 11.0 Å². The number of nitrogens with one attached hydrogen (secondary N) is 1. The van der Waals surface area contributed by atoms with Crippen LogP contribution in [0.5, 0.6) is 5.75 Å². The summed E-state index contributed by atoms with van der Waals surface area (Å²) in [5.74, 6) is 0.493. The van der Waals surface area contributed by atoms with Crippen LogP contribution in [0.15, 0.2) is 46.9 Å². The SMILES string of the molecule is COc1ccc(NC(=O)c2cc3cccc(C)c3o2)cc1Cl. The zero-order chi connectivity index (χ0) is 15.7. The van der Waals surface area contributed by atoms with Gasteiger partial charge >= 0.3 is 0 Å². The molecule has 0 aliphatic heterocycles. The average Bonchev–Trinajstić information content (AvgIpc) is 2.93. The van der Waals surface area contributed by atoms with Crippen molar-refractivity contribution in [2.75, 3.05) is 12.4 Å². The Morgan fingerprint density at radius 2 is 2.05 bits per heavy atom. The molecule has 5 heteroatoms. The number of benzene rings is 2. The smallest absolute Gasteiger partial charge is 0.291 e. The van der Waals surface area contributed by atoms with Gasteiger partial charge in [-0.3, -0.25) is 4.79 Å². The predicted octanol–water partition coefficient (Wildman–Crippen LogP) is 4.66. The number of halogens is 1. The minimum Gasteiger partial charge on any atom is -0.495 e. The van der Waals surface area contributed by atoms with Crippen molar-refractivity contribution in [2.45, 2.75) is 6.92 Å². The number of rotatable bonds is 3. The lowest BCUT2D eigenvalue weighted by Crippen LogP contribution is -2.10. The van der Waals surface area contributed by atoms with Gasteiger partial charge in [0.05, 0.1) is 12.1 Å². The quantitative estimate of drug-likeness (QED) is 0.765. The third-order valence-electron chi connectivity index (χ3n) is 3.37. The van der Waals surface area contributed by atoms with Crippen molar-refractivity contribution in [1.82, 2.24) is 0 Å². The fraction of sp³-hybridized carbons (Fsp3) is 0.118. The number of ether oxygens (including phenoxy) is 1. The molecule has 1 aromatic heterocycles. The summed E-state index contributed by atoms with van der Waals surface area (Å²) in [5.41, 5.74) is 2.29. The monoisotopic (exact) mass is 315 g/mol. The average molecular weight is 316 g/mol. The molecular formula is C17H14ClNO3. The van der Waals surface area contributed by atoms with Gasteiger partial charge in [0.15, 0.2) is 5.76 Å². The second-order valence-electron chi connectivity index (χ2n) is 4.91. The van der Waals surface area contributed by atoms with E-state index >= 15 is 0 Å². The lowest BCUT2D eigenvalue weighted by atomic mass is 10.2. The summed E-state index contributed by atoms with van der Waals surface area (Å²) < 4.78 is 10.7. The van der Waals surface area contributed by atoms with E-state index in [1.54, 1.807) is 24.3 Å². The molecule has 1 N–H and O–H groups in total. The Kier molecular flexibility index (Phi) is 3.77. The van der Waals surface area contributed by atoms with Crippen molar-refractivity contribution in [2.24, 2.45) is 0 Å². The number of furan rings is 1. The van der Waals surface area contributed by atoms with Gasteiger partial charge in [0.2, 0.25) is 0 Å². The van der Waals surface area contributed by atoms with Gasteiger partial charge in [-0.05, 0) is 36.8 Å². The fourth-order valence-electron chi connectivity index (χ4n) is 2.26. The van der Waals surface area contributed by atoms with Crippen LogP contribution in [0, 0.1) is 6.92 Å². The molecular weight excluding hydrogens is 302 g/mol. The van der Waals surface area contributed by atoms with Crippen LogP contribution in [0.2, 0.25) is 5.02 Å². The number of para-hydroxylation sites is 1.